The number of ether oxygens (including phenoxy) is 1. The summed E-state index contributed by atoms with van der Waals surface area (Å²) in [5, 5.41) is 11.0. The summed E-state index contributed by atoms with van der Waals surface area (Å²) in [6.07, 6.45) is 8.79. The van der Waals surface area contributed by atoms with E-state index in [4.69, 9.17) is 31.2 Å². The molecule has 9 nitrogen and oxygen atoms in total. The first-order chi connectivity index (χ1) is 17.1. The standard InChI is InChI=1S/C25H28ClN7O2/c1-14-10-30-25(33(24(14)32-35-25)17-6-7-21-20(9-17)29-13-34-21)31-16-8-19(26)23(28-12-16)22-18-5-3-2-4-15(18)11-27-22/h6-10,12,15,18,22,27,29,31-32H,2-5,11,13H2,1H3. The fraction of sp³-hybridized carbons (Fsp3) is 0.440. The summed E-state index contributed by atoms with van der Waals surface area (Å²) >= 11 is 6.82. The lowest BCUT2D eigenvalue weighted by atomic mass is 9.78. The monoisotopic (exact) mass is 493 g/mol. The van der Waals surface area contributed by atoms with Gasteiger partial charge in [0.2, 0.25) is 0 Å². The van der Waals surface area contributed by atoms with Gasteiger partial charge >= 0.3 is 5.97 Å². The number of anilines is 3. The predicted molar refractivity (Wildman–Crippen MR) is 135 cm³/mol. The summed E-state index contributed by atoms with van der Waals surface area (Å²) < 4.78 is 5.59. The number of aromatic nitrogens is 1. The van der Waals surface area contributed by atoms with Crippen molar-refractivity contribution in [1.29, 1.82) is 0 Å². The number of benzene rings is 1. The first-order valence-electron chi connectivity index (χ1n) is 12.3. The van der Waals surface area contributed by atoms with E-state index in [1.165, 1.54) is 25.7 Å². The minimum absolute atomic E-state index is 0.215. The zero-order valence-corrected chi connectivity index (χ0v) is 20.2. The number of fused-ring (bicyclic) bond motifs is 4. The van der Waals surface area contributed by atoms with Crippen molar-refractivity contribution in [3.05, 3.63) is 52.6 Å². The molecule has 5 aliphatic rings. The van der Waals surface area contributed by atoms with Gasteiger partial charge in [-0.2, -0.15) is 0 Å². The summed E-state index contributed by atoms with van der Waals surface area (Å²) in [5.41, 5.74) is 7.51. The summed E-state index contributed by atoms with van der Waals surface area (Å²) in [6, 6.07) is 8.12. The van der Waals surface area contributed by atoms with E-state index in [9.17, 15) is 0 Å². The molecular formula is C25H28ClN7O2. The van der Waals surface area contributed by atoms with Gasteiger partial charge in [0.05, 0.1) is 40.0 Å². The predicted octanol–water partition coefficient (Wildman–Crippen LogP) is 4.33. The normalized spacial score (nSPS) is 30.5. The second kappa shape index (κ2) is 8.01. The van der Waals surface area contributed by atoms with Crippen molar-refractivity contribution < 1.29 is 9.57 Å². The van der Waals surface area contributed by atoms with Crippen molar-refractivity contribution in [2.75, 3.05) is 28.8 Å². The highest BCUT2D eigenvalue weighted by atomic mass is 35.5. The Morgan fingerprint density at radius 3 is 3.06 bits per heavy atom. The van der Waals surface area contributed by atoms with Crippen molar-refractivity contribution in [3.8, 4) is 5.75 Å². The maximum Gasteiger partial charge on any atom is 0.351 e. The third-order valence-corrected chi connectivity index (χ3v) is 8.11. The van der Waals surface area contributed by atoms with E-state index in [0.29, 0.717) is 17.7 Å². The van der Waals surface area contributed by atoms with E-state index in [-0.39, 0.29) is 6.04 Å². The fourth-order valence-electron chi connectivity index (χ4n) is 6.07. The minimum Gasteiger partial charge on any atom is -0.471 e. The highest BCUT2D eigenvalue weighted by Crippen LogP contribution is 2.45. The van der Waals surface area contributed by atoms with Crippen LogP contribution < -0.4 is 31.1 Å². The van der Waals surface area contributed by atoms with Crippen molar-refractivity contribution in [2.45, 2.75) is 44.6 Å². The summed E-state index contributed by atoms with van der Waals surface area (Å²) in [5.74, 6) is 1.78. The molecule has 4 N–H and O–H groups in total. The lowest BCUT2D eigenvalue weighted by Crippen LogP contribution is -2.51. The maximum absolute atomic E-state index is 6.82. The second-order valence-electron chi connectivity index (χ2n) is 9.89. The van der Waals surface area contributed by atoms with Gasteiger partial charge in [-0.15, -0.1) is 0 Å². The van der Waals surface area contributed by atoms with Crippen molar-refractivity contribution in [3.63, 3.8) is 0 Å². The van der Waals surface area contributed by atoms with Crippen LogP contribution in [0.4, 0.5) is 17.1 Å². The molecule has 10 heteroatoms. The molecule has 4 unspecified atom stereocenters. The average Bonchev–Trinajstić information content (AvgIpc) is 3.57. The first-order valence-corrected chi connectivity index (χ1v) is 12.7. The van der Waals surface area contributed by atoms with Gasteiger partial charge in [-0.1, -0.05) is 24.4 Å². The average molecular weight is 494 g/mol. The third kappa shape index (κ3) is 3.36. The molecule has 1 aliphatic carbocycles. The van der Waals surface area contributed by atoms with Gasteiger partial charge in [0.25, 0.3) is 0 Å². The van der Waals surface area contributed by atoms with Crippen molar-refractivity contribution in [2.24, 2.45) is 16.8 Å². The molecule has 7 rings (SSSR count). The van der Waals surface area contributed by atoms with Gasteiger partial charge in [-0.25, -0.2) is 15.3 Å². The number of hydrogen-bond donors (Lipinski definition) is 4. The molecule has 3 fully saturated rings. The van der Waals surface area contributed by atoms with E-state index in [1.807, 2.05) is 48.5 Å². The molecule has 0 spiro atoms. The number of pyridine rings is 1. The van der Waals surface area contributed by atoms with Gasteiger partial charge in [-0.05, 0) is 62.4 Å². The van der Waals surface area contributed by atoms with Crippen LogP contribution in [-0.4, -0.2) is 30.4 Å². The van der Waals surface area contributed by atoms with E-state index in [0.717, 1.165) is 52.4 Å². The number of nitrogens with one attached hydrogen (secondary N) is 4. The summed E-state index contributed by atoms with van der Waals surface area (Å²) in [6.45, 7) is 3.51. The molecule has 1 aromatic carbocycles. The largest absolute Gasteiger partial charge is 0.471 e. The van der Waals surface area contributed by atoms with Crippen LogP contribution in [0, 0.1) is 11.8 Å². The van der Waals surface area contributed by atoms with Gasteiger partial charge < -0.3 is 20.7 Å². The molecule has 5 heterocycles. The van der Waals surface area contributed by atoms with Crippen LogP contribution in [0.2, 0.25) is 5.02 Å². The Balaban J connectivity index is 1.19. The summed E-state index contributed by atoms with van der Waals surface area (Å²) in [4.78, 5) is 17.6. The van der Waals surface area contributed by atoms with Crippen LogP contribution in [-0.2, 0) is 4.84 Å². The van der Waals surface area contributed by atoms with E-state index < -0.39 is 5.97 Å². The molecule has 35 heavy (non-hydrogen) atoms. The Labute approximate surface area is 208 Å². The Kier molecular flexibility index (Phi) is 4.87. The molecule has 1 saturated carbocycles. The molecule has 2 bridgehead atoms. The zero-order valence-electron chi connectivity index (χ0n) is 19.5. The van der Waals surface area contributed by atoms with Gasteiger partial charge in [0.1, 0.15) is 11.6 Å². The van der Waals surface area contributed by atoms with Gasteiger partial charge in [-0.3, -0.25) is 9.88 Å². The number of hydroxylamine groups is 1. The molecule has 2 saturated heterocycles. The van der Waals surface area contributed by atoms with Crippen LogP contribution in [0.15, 0.2) is 46.8 Å². The molecular weight excluding hydrogens is 466 g/mol. The van der Waals surface area contributed by atoms with Crippen LogP contribution in [0.3, 0.4) is 0 Å². The number of allylic oxidation sites excluding steroid dienone is 1. The fourth-order valence-corrected chi connectivity index (χ4v) is 6.35. The number of hydrogen-bond acceptors (Lipinski definition) is 9. The smallest absolute Gasteiger partial charge is 0.351 e. The minimum atomic E-state index is -1.21. The Morgan fingerprint density at radius 2 is 2.14 bits per heavy atom. The maximum atomic E-state index is 6.82. The second-order valence-corrected chi connectivity index (χ2v) is 10.3. The SMILES string of the molecule is CC1=C2NOC(Nc3cnc(C4NCC5CCCCC54)c(Cl)c3)(N=C1)N2c1ccc2c(c1)NCO2. The van der Waals surface area contributed by atoms with Crippen LogP contribution >= 0.6 is 11.6 Å². The molecule has 2 aromatic rings. The highest BCUT2D eigenvalue weighted by Gasteiger charge is 2.50. The topological polar surface area (TPSA) is 95.1 Å². The molecule has 4 aliphatic heterocycles. The molecule has 182 valence electrons. The first kappa shape index (κ1) is 21.3. The molecule has 0 amide bonds. The highest BCUT2D eigenvalue weighted by molar-refractivity contribution is 6.31. The lowest BCUT2D eigenvalue weighted by molar-refractivity contribution is -0.0214. The number of aliphatic imine (C=N–C) groups is 1. The number of halogens is 1. The van der Waals surface area contributed by atoms with Crippen LogP contribution in [0.25, 0.3) is 0 Å². The van der Waals surface area contributed by atoms with Gasteiger partial charge in [0.15, 0.2) is 6.73 Å². The molecule has 0 radical (unpaired) electrons. The van der Waals surface area contributed by atoms with Gasteiger partial charge in [0, 0.05) is 11.8 Å². The van der Waals surface area contributed by atoms with E-state index in [2.05, 4.69) is 21.4 Å². The van der Waals surface area contributed by atoms with Crippen LogP contribution in [0.5, 0.6) is 5.75 Å². The zero-order chi connectivity index (χ0) is 23.6. The van der Waals surface area contributed by atoms with Crippen LogP contribution in [0.1, 0.15) is 44.3 Å². The molecule has 4 atom stereocenters. The van der Waals surface area contributed by atoms with Crippen molar-refractivity contribution >= 4 is 34.9 Å². The molecule has 1 aromatic heterocycles. The third-order valence-electron chi connectivity index (χ3n) is 7.80. The number of rotatable bonds is 4. The Bertz CT molecular complexity index is 1250. The Morgan fingerprint density at radius 1 is 1.23 bits per heavy atom. The Hall–Kier alpha value is -3.01. The lowest BCUT2D eigenvalue weighted by Gasteiger charge is -2.36. The van der Waals surface area contributed by atoms with E-state index in [1.54, 1.807) is 0 Å². The summed E-state index contributed by atoms with van der Waals surface area (Å²) in [7, 11) is 0. The number of nitrogens with zero attached hydrogens (tertiary/aromatic N) is 3. The van der Waals surface area contributed by atoms with E-state index >= 15 is 0 Å². The quantitative estimate of drug-likeness (QED) is 0.500. The van der Waals surface area contributed by atoms with Crippen molar-refractivity contribution in [1.82, 2.24) is 15.8 Å².